The van der Waals surface area contributed by atoms with Crippen molar-refractivity contribution >= 4 is 20.0 Å². The van der Waals surface area contributed by atoms with Gasteiger partial charge in [0, 0.05) is 10.7 Å². The number of ether oxygens (including phenoxy) is 1. The SMILES string of the molecule is CCc1ccc(OC)cc1.O=S(=O)(O)Cl. The Labute approximate surface area is 94.1 Å². The van der Waals surface area contributed by atoms with E-state index in [0.29, 0.717) is 0 Å². The Morgan fingerprint density at radius 1 is 1.33 bits per heavy atom. The lowest BCUT2D eigenvalue weighted by Crippen LogP contribution is -1.83. The normalized spacial score (nSPS) is 10.1. The molecule has 0 spiro atoms. The highest BCUT2D eigenvalue weighted by Gasteiger charge is 1.89. The van der Waals surface area contributed by atoms with Crippen LogP contribution in [-0.4, -0.2) is 20.1 Å². The summed E-state index contributed by atoms with van der Waals surface area (Å²) in [6.07, 6.45) is 1.09. The van der Waals surface area contributed by atoms with Crippen molar-refractivity contribution < 1.29 is 17.7 Å². The molecule has 0 aliphatic rings. The number of hydrogen-bond acceptors (Lipinski definition) is 3. The first-order valence-corrected chi connectivity index (χ1v) is 6.43. The summed E-state index contributed by atoms with van der Waals surface area (Å²) in [5.41, 5.74) is 1.35. The zero-order valence-corrected chi connectivity index (χ0v) is 10.0. The van der Waals surface area contributed by atoms with E-state index in [2.05, 4.69) is 29.7 Å². The van der Waals surface area contributed by atoms with Gasteiger partial charge in [0.05, 0.1) is 7.11 Å². The fourth-order valence-electron chi connectivity index (χ4n) is 0.861. The number of aryl methyl sites for hydroxylation is 1. The smallest absolute Gasteiger partial charge is 0.353 e. The summed E-state index contributed by atoms with van der Waals surface area (Å²) in [5.74, 6) is 0.928. The van der Waals surface area contributed by atoms with Crippen molar-refractivity contribution in [3.63, 3.8) is 0 Å². The van der Waals surface area contributed by atoms with E-state index in [-0.39, 0.29) is 0 Å². The van der Waals surface area contributed by atoms with E-state index >= 15 is 0 Å². The largest absolute Gasteiger partial charge is 0.497 e. The second-order valence-corrected chi connectivity index (χ2v) is 4.61. The lowest BCUT2D eigenvalue weighted by molar-refractivity contribution is 0.414. The second-order valence-electron chi connectivity index (χ2n) is 2.61. The first-order valence-electron chi connectivity index (χ1n) is 4.16. The summed E-state index contributed by atoms with van der Waals surface area (Å²) in [6.45, 7) is 2.14. The molecule has 0 saturated heterocycles. The molecular formula is C9H13ClO4S. The van der Waals surface area contributed by atoms with Crippen molar-refractivity contribution in [2.24, 2.45) is 0 Å². The van der Waals surface area contributed by atoms with Gasteiger partial charge in [0.25, 0.3) is 0 Å². The number of rotatable bonds is 2. The quantitative estimate of drug-likeness (QED) is 0.648. The van der Waals surface area contributed by atoms with E-state index in [0.717, 1.165) is 12.2 Å². The Morgan fingerprint density at radius 2 is 1.73 bits per heavy atom. The summed E-state index contributed by atoms with van der Waals surface area (Å²) < 4.78 is 30.2. The van der Waals surface area contributed by atoms with Crippen LogP contribution < -0.4 is 4.74 Å². The predicted octanol–water partition coefficient (Wildman–Crippen LogP) is 2.29. The molecule has 0 aromatic heterocycles. The molecule has 86 valence electrons. The molecule has 0 atom stereocenters. The zero-order valence-electron chi connectivity index (χ0n) is 8.47. The van der Waals surface area contributed by atoms with Gasteiger partial charge in [-0.05, 0) is 24.1 Å². The van der Waals surface area contributed by atoms with Crippen LogP contribution >= 0.6 is 10.7 Å². The summed E-state index contributed by atoms with van der Waals surface area (Å²) in [4.78, 5) is 0. The molecule has 0 saturated carbocycles. The molecule has 0 bridgehead atoms. The Balaban J connectivity index is 0.000000336. The van der Waals surface area contributed by atoms with Crippen molar-refractivity contribution in [3.8, 4) is 5.75 Å². The second kappa shape index (κ2) is 6.66. The van der Waals surface area contributed by atoms with Crippen molar-refractivity contribution in [1.29, 1.82) is 0 Å². The van der Waals surface area contributed by atoms with Gasteiger partial charge >= 0.3 is 9.33 Å². The van der Waals surface area contributed by atoms with Gasteiger partial charge in [0.15, 0.2) is 0 Å². The van der Waals surface area contributed by atoms with Crippen LogP contribution in [0.15, 0.2) is 24.3 Å². The van der Waals surface area contributed by atoms with Crippen LogP contribution in [0.3, 0.4) is 0 Å². The molecule has 0 fully saturated rings. The van der Waals surface area contributed by atoms with Crippen LogP contribution in [0.4, 0.5) is 0 Å². The molecule has 1 rings (SSSR count). The van der Waals surface area contributed by atoms with Crippen LogP contribution in [-0.2, 0) is 15.8 Å². The highest BCUT2D eigenvalue weighted by molar-refractivity contribution is 8.09. The first kappa shape index (κ1) is 14.2. The highest BCUT2D eigenvalue weighted by atomic mass is 35.7. The molecule has 1 N–H and O–H groups in total. The standard InChI is InChI=1S/C9H12O.ClHO3S/c1-3-8-4-6-9(10-2)7-5-8;1-5(2,3)4/h4-7H,3H2,1-2H3;(H,2,3,4). The number of hydrogen-bond donors (Lipinski definition) is 1. The Bertz CT molecular complexity index is 341. The minimum absolute atomic E-state index is 0.928. The number of halogens is 1. The Hall–Kier alpha value is -0.780. The van der Waals surface area contributed by atoms with Gasteiger partial charge in [-0.1, -0.05) is 19.1 Å². The van der Waals surface area contributed by atoms with Crippen molar-refractivity contribution in [3.05, 3.63) is 29.8 Å². The van der Waals surface area contributed by atoms with Gasteiger partial charge in [-0.25, -0.2) is 0 Å². The molecule has 1 aromatic carbocycles. The van der Waals surface area contributed by atoms with Gasteiger partial charge in [0.1, 0.15) is 5.75 Å². The van der Waals surface area contributed by atoms with E-state index in [9.17, 15) is 0 Å². The topological polar surface area (TPSA) is 63.6 Å². The lowest BCUT2D eigenvalue weighted by atomic mass is 10.2. The molecule has 4 nitrogen and oxygen atoms in total. The molecule has 0 amide bonds. The third-order valence-corrected chi connectivity index (χ3v) is 1.57. The van der Waals surface area contributed by atoms with Gasteiger partial charge in [-0.2, -0.15) is 8.42 Å². The van der Waals surface area contributed by atoms with E-state index in [1.165, 1.54) is 5.56 Å². The van der Waals surface area contributed by atoms with Crippen LogP contribution in [0.1, 0.15) is 12.5 Å². The highest BCUT2D eigenvalue weighted by Crippen LogP contribution is 2.10. The maximum Gasteiger partial charge on any atom is 0.353 e. The monoisotopic (exact) mass is 252 g/mol. The molecule has 15 heavy (non-hydrogen) atoms. The van der Waals surface area contributed by atoms with E-state index < -0.39 is 9.33 Å². The van der Waals surface area contributed by atoms with Crippen LogP contribution in [0.2, 0.25) is 0 Å². The fraction of sp³-hybridized carbons (Fsp3) is 0.333. The Morgan fingerprint density at radius 3 is 2.00 bits per heavy atom. The van der Waals surface area contributed by atoms with E-state index in [1.54, 1.807) is 7.11 Å². The van der Waals surface area contributed by atoms with E-state index in [4.69, 9.17) is 17.7 Å². The summed E-state index contributed by atoms with van der Waals surface area (Å²) in [7, 11) is 1.54. The molecule has 0 aliphatic carbocycles. The molecule has 6 heteroatoms. The summed E-state index contributed by atoms with van der Waals surface area (Å²) in [5, 5.41) is 0. The van der Waals surface area contributed by atoms with Crippen LogP contribution in [0, 0.1) is 0 Å². The van der Waals surface area contributed by atoms with Gasteiger partial charge in [-0.3, -0.25) is 4.55 Å². The Kier molecular flexibility index (Phi) is 6.31. The average Bonchev–Trinajstić information content (AvgIpc) is 2.15. The van der Waals surface area contributed by atoms with Crippen molar-refractivity contribution in [1.82, 2.24) is 0 Å². The minimum Gasteiger partial charge on any atom is -0.497 e. The zero-order chi connectivity index (χ0) is 11.9. The molecule has 0 aliphatic heterocycles. The molecule has 0 heterocycles. The summed E-state index contributed by atoms with van der Waals surface area (Å²) in [6, 6.07) is 8.13. The third kappa shape index (κ3) is 9.52. The van der Waals surface area contributed by atoms with Crippen LogP contribution in [0.25, 0.3) is 0 Å². The molecular weight excluding hydrogens is 240 g/mol. The molecule has 0 radical (unpaired) electrons. The molecule has 0 unspecified atom stereocenters. The molecule has 1 aromatic rings. The first-order chi connectivity index (χ1) is 6.86. The predicted molar refractivity (Wildman–Crippen MR) is 59.8 cm³/mol. The van der Waals surface area contributed by atoms with Crippen LogP contribution in [0.5, 0.6) is 5.75 Å². The summed E-state index contributed by atoms with van der Waals surface area (Å²) >= 11 is 0. The van der Waals surface area contributed by atoms with Gasteiger partial charge in [0.2, 0.25) is 0 Å². The van der Waals surface area contributed by atoms with E-state index in [1.807, 2.05) is 12.1 Å². The average molecular weight is 253 g/mol. The minimum atomic E-state index is -4.19. The van der Waals surface area contributed by atoms with Gasteiger partial charge < -0.3 is 4.74 Å². The van der Waals surface area contributed by atoms with Crippen molar-refractivity contribution in [2.45, 2.75) is 13.3 Å². The number of benzene rings is 1. The van der Waals surface area contributed by atoms with Crippen molar-refractivity contribution in [2.75, 3.05) is 7.11 Å². The maximum absolute atomic E-state index is 8.95. The van der Waals surface area contributed by atoms with Gasteiger partial charge in [-0.15, -0.1) is 0 Å². The number of methoxy groups -OCH3 is 1. The maximum atomic E-state index is 8.95. The lowest BCUT2D eigenvalue weighted by Gasteiger charge is -1.99. The third-order valence-electron chi connectivity index (χ3n) is 1.57. The fourth-order valence-corrected chi connectivity index (χ4v) is 0.861.